The third kappa shape index (κ3) is 530. The van der Waals surface area contributed by atoms with E-state index in [1.54, 1.807) is 0 Å². The summed E-state index contributed by atoms with van der Waals surface area (Å²) < 4.78 is 0. The molecule has 0 atom stereocenters. The Labute approximate surface area is 49.8 Å². The van der Waals surface area contributed by atoms with Crippen molar-refractivity contribution >= 4 is 0 Å². The average molecular weight is 153 g/mol. The molecule has 0 aromatic carbocycles. The van der Waals surface area contributed by atoms with Crippen LogP contribution in [0.2, 0.25) is 0 Å². The molecule has 0 aromatic rings. The van der Waals surface area contributed by atoms with E-state index < -0.39 is 5.09 Å². The summed E-state index contributed by atoms with van der Waals surface area (Å²) in [6.07, 6.45) is 0. The molecule has 0 radical (unpaired) electrons. The third-order valence-electron chi connectivity index (χ3n) is 0. The van der Waals surface area contributed by atoms with Gasteiger partial charge in [0.2, 0.25) is 0 Å². The molecule has 0 aliphatic carbocycles. The minimum Gasteiger partial charge on any atom is -0.356 e. The second kappa shape index (κ2) is 17.5. The molecule has 7 heavy (non-hydrogen) atoms. The van der Waals surface area contributed by atoms with Gasteiger partial charge in [-0.2, -0.15) is 0 Å². The fourth-order valence-electron chi connectivity index (χ4n) is 0. The quantitative estimate of drug-likeness (QED) is 0.251. The molecule has 0 aromatic heterocycles. The Kier molecular flexibility index (Phi) is 39.8. The van der Waals surface area contributed by atoms with Gasteiger partial charge in [0.05, 0.1) is 5.09 Å². The zero-order valence-corrected chi connectivity index (χ0v) is 4.20. The van der Waals surface area contributed by atoms with Crippen LogP contribution in [-0.4, -0.2) is 5.09 Å². The zero-order chi connectivity index (χ0) is 5.58. The molecule has 4 N–H and O–H groups in total. The van der Waals surface area contributed by atoms with Crippen molar-refractivity contribution in [1.29, 1.82) is 0 Å². The van der Waals surface area contributed by atoms with E-state index in [9.17, 15) is 0 Å². The summed E-state index contributed by atoms with van der Waals surface area (Å²) in [4.78, 5) is 8.25. The molecule has 0 fully saturated rings. The van der Waals surface area contributed by atoms with Crippen molar-refractivity contribution in [3.05, 3.63) is 15.3 Å². The summed E-state index contributed by atoms with van der Waals surface area (Å²) in [5.41, 5.74) is 0. The first-order chi connectivity index (χ1) is 2.73. The van der Waals surface area contributed by atoms with Gasteiger partial charge >= 0.3 is 16.8 Å². The molecule has 0 saturated heterocycles. The van der Waals surface area contributed by atoms with Gasteiger partial charge in [0, 0.05) is 0 Å². The number of hydrazine groups is 1. The van der Waals surface area contributed by atoms with Crippen molar-refractivity contribution in [2.45, 2.75) is 0 Å². The maximum atomic E-state index is 8.25. The van der Waals surface area contributed by atoms with Crippen molar-refractivity contribution in [2.24, 2.45) is 11.7 Å². The predicted octanol–water partition coefficient (Wildman–Crippen LogP) is -1.42. The minimum absolute atomic E-state index is 0. The van der Waals surface area contributed by atoms with E-state index in [1.165, 1.54) is 0 Å². The van der Waals surface area contributed by atoms with Crippen LogP contribution >= 0.6 is 0 Å². The van der Waals surface area contributed by atoms with Crippen molar-refractivity contribution in [1.82, 2.24) is 0 Å². The Morgan fingerprint density at radius 1 is 1.29 bits per heavy atom. The van der Waals surface area contributed by atoms with E-state index in [1.807, 2.05) is 0 Å². The standard InChI is InChI=1S/Co.H4N2.NO3/c;1-2;2-1(3)4/h;1-2H2;/q+3;;-1. The molecular weight excluding hydrogens is 149 g/mol. The van der Waals surface area contributed by atoms with Crippen LogP contribution in [-0.2, 0) is 16.8 Å². The van der Waals surface area contributed by atoms with Crippen LogP contribution in [0.3, 0.4) is 0 Å². The van der Waals surface area contributed by atoms with Crippen LogP contribution in [0.15, 0.2) is 0 Å². The van der Waals surface area contributed by atoms with Gasteiger partial charge in [0.25, 0.3) is 0 Å². The van der Waals surface area contributed by atoms with Crippen LogP contribution in [0.5, 0.6) is 0 Å². The van der Waals surface area contributed by atoms with Crippen molar-refractivity contribution in [3.8, 4) is 0 Å². The Morgan fingerprint density at radius 3 is 1.29 bits per heavy atom. The Morgan fingerprint density at radius 2 is 1.29 bits per heavy atom. The normalized spacial score (nSPS) is 4.29. The van der Waals surface area contributed by atoms with Gasteiger partial charge < -0.3 is 15.3 Å². The monoisotopic (exact) mass is 153 g/mol. The molecule has 0 amide bonds. The van der Waals surface area contributed by atoms with Crippen LogP contribution in [0.4, 0.5) is 0 Å². The summed E-state index contributed by atoms with van der Waals surface area (Å²) in [6, 6.07) is 0. The van der Waals surface area contributed by atoms with Crippen LogP contribution in [0, 0.1) is 15.3 Å². The van der Waals surface area contributed by atoms with Gasteiger partial charge in [-0.3, -0.25) is 11.7 Å². The molecule has 44 valence electrons. The summed E-state index contributed by atoms with van der Waals surface area (Å²) in [5.74, 6) is 8.00. The number of nitrogens with zero attached hydrogens (tertiary/aromatic N) is 1. The molecule has 7 heteroatoms. The van der Waals surface area contributed by atoms with E-state index in [4.69, 9.17) is 15.3 Å². The minimum atomic E-state index is -1.75. The Bertz CT molecular complexity index is 33.2. The van der Waals surface area contributed by atoms with Gasteiger partial charge in [-0.1, -0.05) is 0 Å². The second-order valence-electron chi connectivity index (χ2n) is 0.224. The molecule has 6 nitrogen and oxygen atoms in total. The van der Waals surface area contributed by atoms with Gasteiger partial charge in [-0.15, -0.1) is 0 Å². The summed E-state index contributed by atoms with van der Waals surface area (Å²) in [7, 11) is 0. The molecular formula is H4CoN3O3+2. The van der Waals surface area contributed by atoms with Gasteiger partial charge in [0.15, 0.2) is 0 Å². The fourth-order valence-corrected chi connectivity index (χ4v) is 0. The van der Waals surface area contributed by atoms with Crippen molar-refractivity contribution in [2.75, 3.05) is 0 Å². The first kappa shape index (κ1) is 16.0. The summed E-state index contributed by atoms with van der Waals surface area (Å²) >= 11 is 0. The molecule has 0 spiro atoms. The van der Waals surface area contributed by atoms with E-state index in [0.717, 1.165) is 0 Å². The molecule has 0 aliphatic rings. The van der Waals surface area contributed by atoms with E-state index >= 15 is 0 Å². The summed E-state index contributed by atoms with van der Waals surface area (Å²) in [6.45, 7) is 0. The number of hydrogen-bond donors (Lipinski definition) is 2. The first-order valence-electron chi connectivity index (χ1n) is 0.881. The van der Waals surface area contributed by atoms with Crippen LogP contribution in [0.1, 0.15) is 0 Å². The number of rotatable bonds is 0. The van der Waals surface area contributed by atoms with Gasteiger partial charge in [-0.05, 0) is 0 Å². The third-order valence-corrected chi connectivity index (χ3v) is 0. The maximum Gasteiger partial charge on any atom is 3.00 e. The molecule has 0 aliphatic heterocycles. The van der Waals surface area contributed by atoms with Crippen molar-refractivity contribution in [3.63, 3.8) is 0 Å². The molecule has 0 unspecified atom stereocenters. The van der Waals surface area contributed by atoms with E-state index in [-0.39, 0.29) is 16.8 Å². The number of hydrogen-bond acceptors (Lipinski definition) is 5. The molecule has 0 rings (SSSR count). The smallest absolute Gasteiger partial charge is 0.356 e. The zero-order valence-electron chi connectivity index (χ0n) is 3.16. The Balaban J connectivity index is -0.0000000480. The van der Waals surface area contributed by atoms with E-state index in [0.29, 0.717) is 0 Å². The first-order valence-corrected chi connectivity index (χ1v) is 0.881. The molecule has 0 heterocycles. The van der Waals surface area contributed by atoms with Gasteiger partial charge in [0.1, 0.15) is 0 Å². The van der Waals surface area contributed by atoms with Crippen LogP contribution < -0.4 is 11.7 Å². The molecule has 0 saturated carbocycles. The Hall–Kier alpha value is -0.374. The summed E-state index contributed by atoms with van der Waals surface area (Å²) in [5, 5.41) is 14.8. The SMILES string of the molecule is NN.O=[N+]([O-])[O-].[Co+3]. The second-order valence-corrected chi connectivity index (χ2v) is 0.224. The van der Waals surface area contributed by atoms with E-state index in [2.05, 4.69) is 11.7 Å². The van der Waals surface area contributed by atoms with Gasteiger partial charge in [-0.25, -0.2) is 0 Å². The van der Waals surface area contributed by atoms with Crippen LogP contribution in [0.25, 0.3) is 0 Å². The number of nitrogens with two attached hydrogens (primary N) is 2. The van der Waals surface area contributed by atoms with Crippen molar-refractivity contribution < 1.29 is 21.9 Å². The maximum absolute atomic E-state index is 8.25. The topological polar surface area (TPSA) is 118 Å². The fraction of sp³-hybridized carbons (Fsp3) is 0. The molecule has 0 bridgehead atoms. The predicted molar refractivity (Wildman–Crippen MR) is 18.7 cm³/mol. The largest absolute Gasteiger partial charge is 3.00 e. The average Bonchev–Trinajstić information content (AvgIpc) is 1.41.